The Hall–Kier alpha value is -2.78. The van der Waals surface area contributed by atoms with Gasteiger partial charge in [-0.3, -0.25) is 14.6 Å². The number of sulfone groups is 1. The summed E-state index contributed by atoms with van der Waals surface area (Å²) in [5, 5.41) is 4.81. The third-order valence-corrected chi connectivity index (χ3v) is 9.15. The molecule has 1 aliphatic heterocycles. The van der Waals surface area contributed by atoms with Crippen molar-refractivity contribution < 1.29 is 13.2 Å². The second kappa shape index (κ2) is 9.02. The molecule has 1 aromatic carbocycles. The largest absolute Gasteiger partial charge is 0.297 e. The van der Waals surface area contributed by atoms with Crippen molar-refractivity contribution in [2.45, 2.75) is 38.6 Å². The lowest BCUT2D eigenvalue weighted by Gasteiger charge is -2.30. The first-order valence-corrected chi connectivity index (χ1v) is 14.5. The van der Waals surface area contributed by atoms with Crippen molar-refractivity contribution in [1.82, 2.24) is 19.5 Å². The number of carbonyl (C=O) groups is 1. The molecule has 3 aliphatic rings. The zero-order valence-electron chi connectivity index (χ0n) is 19.8. The number of carbonyl (C=O) groups excluding carboxylic acids is 1. The van der Waals surface area contributed by atoms with E-state index in [4.69, 9.17) is 10.1 Å². The molecular formula is C26H31N5O3S. The van der Waals surface area contributed by atoms with E-state index in [-0.39, 0.29) is 23.3 Å². The number of rotatable bonds is 7. The van der Waals surface area contributed by atoms with Crippen molar-refractivity contribution in [2.24, 2.45) is 11.8 Å². The van der Waals surface area contributed by atoms with Crippen molar-refractivity contribution in [1.29, 1.82) is 0 Å². The molecule has 0 bridgehead atoms. The molecule has 35 heavy (non-hydrogen) atoms. The van der Waals surface area contributed by atoms with Crippen LogP contribution in [0.15, 0.2) is 42.5 Å². The fourth-order valence-electron chi connectivity index (χ4n) is 4.93. The number of amides is 1. The van der Waals surface area contributed by atoms with E-state index < -0.39 is 9.84 Å². The number of pyridine rings is 1. The monoisotopic (exact) mass is 493 g/mol. The minimum Gasteiger partial charge on any atom is -0.297 e. The van der Waals surface area contributed by atoms with Crippen LogP contribution in [0.2, 0.25) is 0 Å². The molecule has 1 amide bonds. The summed E-state index contributed by atoms with van der Waals surface area (Å²) in [6, 6.07) is 14.3. The van der Waals surface area contributed by atoms with Crippen molar-refractivity contribution in [3.05, 3.63) is 48.0 Å². The van der Waals surface area contributed by atoms with Crippen LogP contribution in [0, 0.1) is 11.8 Å². The first-order valence-electron chi connectivity index (χ1n) is 12.6. The predicted molar refractivity (Wildman–Crippen MR) is 135 cm³/mol. The Balaban J connectivity index is 1.24. The van der Waals surface area contributed by atoms with Gasteiger partial charge in [-0.15, -0.1) is 5.10 Å². The average Bonchev–Trinajstić information content (AvgIpc) is 3.58. The molecule has 2 aromatic heterocycles. The highest BCUT2D eigenvalue weighted by Gasteiger charge is 2.37. The third-order valence-electron chi connectivity index (χ3n) is 7.54. The van der Waals surface area contributed by atoms with Gasteiger partial charge in [0.1, 0.15) is 0 Å². The maximum Gasteiger partial charge on any atom is 0.252 e. The highest BCUT2D eigenvalue weighted by atomic mass is 32.2. The van der Waals surface area contributed by atoms with Crippen molar-refractivity contribution in [3.63, 3.8) is 0 Å². The molecule has 0 radical (unpaired) electrons. The highest BCUT2D eigenvalue weighted by molar-refractivity contribution is 7.91. The quantitative estimate of drug-likeness (QED) is 0.502. The number of aromatic nitrogens is 3. The summed E-state index contributed by atoms with van der Waals surface area (Å²) in [4.78, 5) is 21.8. The van der Waals surface area contributed by atoms with E-state index in [9.17, 15) is 13.2 Å². The van der Waals surface area contributed by atoms with Crippen LogP contribution in [0.3, 0.4) is 0 Å². The molecule has 2 aliphatic carbocycles. The fraction of sp³-hybridized carbons (Fsp3) is 0.500. The van der Waals surface area contributed by atoms with E-state index in [0.717, 1.165) is 41.9 Å². The SMILES string of the molecule is O=C(C1CC1)N(CC1CCC1)c1nc2cccc(-c3ccc(CN4CCS(=O)(=O)CC4)cc3)n2n1. The molecule has 0 N–H and O–H groups in total. The van der Waals surface area contributed by atoms with Gasteiger partial charge < -0.3 is 0 Å². The Morgan fingerprint density at radius 1 is 1.00 bits per heavy atom. The van der Waals surface area contributed by atoms with E-state index in [1.807, 2.05) is 27.6 Å². The summed E-state index contributed by atoms with van der Waals surface area (Å²) < 4.78 is 25.2. The standard InChI is InChI=1S/C26H31N5O3S/c32-25(22-11-12-22)30(18-19-3-1-4-19)26-27-24-6-2-5-23(31(24)28-26)21-9-7-20(8-10-21)17-29-13-15-35(33,34)16-14-29/h2,5-10,19,22H,1,3-4,11-18H2. The normalized spacial score (nSPS) is 20.6. The summed E-state index contributed by atoms with van der Waals surface area (Å²) in [6.07, 6.45) is 5.53. The van der Waals surface area contributed by atoms with Crippen LogP contribution >= 0.6 is 0 Å². The van der Waals surface area contributed by atoms with Gasteiger partial charge in [-0.05, 0) is 49.3 Å². The molecule has 0 atom stereocenters. The Kier molecular flexibility index (Phi) is 5.84. The summed E-state index contributed by atoms with van der Waals surface area (Å²) in [6.45, 7) is 2.63. The van der Waals surface area contributed by atoms with Gasteiger partial charge in [0, 0.05) is 37.7 Å². The van der Waals surface area contributed by atoms with E-state index in [0.29, 0.717) is 31.5 Å². The van der Waals surface area contributed by atoms with Crippen LogP contribution in [0.5, 0.6) is 0 Å². The van der Waals surface area contributed by atoms with Gasteiger partial charge in [0.15, 0.2) is 15.5 Å². The van der Waals surface area contributed by atoms with Crippen LogP contribution in [-0.2, 0) is 21.2 Å². The van der Waals surface area contributed by atoms with Crippen LogP contribution in [0.1, 0.15) is 37.7 Å². The maximum atomic E-state index is 13.0. The van der Waals surface area contributed by atoms with Crippen LogP contribution in [0.4, 0.5) is 5.95 Å². The van der Waals surface area contributed by atoms with Gasteiger partial charge in [-0.25, -0.2) is 12.9 Å². The summed E-state index contributed by atoms with van der Waals surface area (Å²) in [7, 11) is -2.87. The Bertz CT molecular complexity index is 1330. The Labute approximate surface area is 205 Å². The minimum absolute atomic E-state index is 0.133. The van der Waals surface area contributed by atoms with Gasteiger partial charge in [0.2, 0.25) is 5.91 Å². The molecule has 3 fully saturated rings. The Morgan fingerprint density at radius 2 is 1.74 bits per heavy atom. The number of hydrogen-bond acceptors (Lipinski definition) is 6. The molecule has 2 saturated carbocycles. The van der Waals surface area contributed by atoms with Gasteiger partial charge in [-0.1, -0.05) is 36.8 Å². The average molecular weight is 494 g/mol. The molecular weight excluding hydrogens is 462 g/mol. The van der Waals surface area contributed by atoms with E-state index >= 15 is 0 Å². The number of hydrogen-bond donors (Lipinski definition) is 0. The molecule has 1 saturated heterocycles. The van der Waals surface area contributed by atoms with Crippen LogP contribution in [0.25, 0.3) is 16.9 Å². The van der Waals surface area contributed by atoms with E-state index in [1.54, 1.807) is 0 Å². The molecule has 9 heteroatoms. The lowest BCUT2D eigenvalue weighted by atomic mass is 9.85. The van der Waals surface area contributed by atoms with Crippen molar-refractivity contribution in [2.75, 3.05) is 36.0 Å². The number of anilines is 1. The molecule has 0 spiro atoms. The van der Waals surface area contributed by atoms with Crippen molar-refractivity contribution >= 4 is 27.3 Å². The minimum atomic E-state index is -2.87. The summed E-state index contributed by atoms with van der Waals surface area (Å²) in [5.74, 6) is 1.85. The molecule has 8 nitrogen and oxygen atoms in total. The second-order valence-electron chi connectivity index (χ2n) is 10.2. The van der Waals surface area contributed by atoms with Crippen molar-refractivity contribution in [3.8, 4) is 11.3 Å². The maximum absolute atomic E-state index is 13.0. The molecule has 184 valence electrons. The zero-order chi connectivity index (χ0) is 24.0. The van der Waals surface area contributed by atoms with Gasteiger partial charge in [0.25, 0.3) is 5.95 Å². The van der Waals surface area contributed by atoms with Crippen LogP contribution in [-0.4, -0.2) is 65.0 Å². The first kappa shape index (κ1) is 22.7. The highest BCUT2D eigenvalue weighted by Crippen LogP contribution is 2.35. The summed E-state index contributed by atoms with van der Waals surface area (Å²) >= 11 is 0. The van der Waals surface area contributed by atoms with Crippen LogP contribution < -0.4 is 4.90 Å². The predicted octanol–water partition coefficient (Wildman–Crippen LogP) is 3.17. The molecule has 3 heterocycles. The lowest BCUT2D eigenvalue weighted by molar-refractivity contribution is -0.120. The Morgan fingerprint density at radius 3 is 2.40 bits per heavy atom. The zero-order valence-corrected chi connectivity index (χ0v) is 20.7. The first-order chi connectivity index (χ1) is 16.9. The number of nitrogens with zero attached hydrogens (tertiary/aromatic N) is 5. The molecule has 6 rings (SSSR count). The van der Waals surface area contributed by atoms with Gasteiger partial charge in [0.05, 0.1) is 17.2 Å². The number of fused-ring (bicyclic) bond motifs is 1. The van der Waals surface area contributed by atoms with Gasteiger partial charge in [-0.2, -0.15) is 4.98 Å². The third kappa shape index (κ3) is 4.84. The molecule has 0 unspecified atom stereocenters. The van der Waals surface area contributed by atoms with Gasteiger partial charge >= 0.3 is 0 Å². The second-order valence-corrected chi connectivity index (χ2v) is 12.5. The summed E-state index contributed by atoms with van der Waals surface area (Å²) in [5.41, 5.74) is 3.84. The molecule has 3 aromatic rings. The topological polar surface area (TPSA) is 87.9 Å². The lowest BCUT2D eigenvalue weighted by Crippen LogP contribution is -2.39. The number of benzene rings is 1. The fourth-order valence-corrected chi connectivity index (χ4v) is 6.21. The smallest absolute Gasteiger partial charge is 0.252 e. The van der Waals surface area contributed by atoms with E-state index in [2.05, 4.69) is 29.2 Å². The van der Waals surface area contributed by atoms with E-state index in [1.165, 1.54) is 19.3 Å².